The Bertz CT molecular complexity index is 1470. The summed E-state index contributed by atoms with van der Waals surface area (Å²) in [5.41, 5.74) is -1.19. The molecule has 0 bridgehead atoms. The number of rotatable bonds is 17. The van der Waals surface area contributed by atoms with Crippen molar-refractivity contribution in [3.8, 4) is 0 Å². The molecule has 6 aliphatic rings. The molecule has 60 heavy (non-hydrogen) atoms. The summed E-state index contributed by atoms with van der Waals surface area (Å²) in [5.74, 6) is 2.05. The molecule has 0 spiro atoms. The van der Waals surface area contributed by atoms with E-state index in [1.807, 2.05) is 20.8 Å². The number of phosphoric acid groups is 3. The SMILES string of the molecule is CC(C)C[C@]12CC[C@@H]1C(OP(=O)(O)OC(C)C)[C@H](C)O2.CC(C)C[C@]12CO[C@@H]1C(OP(=O)(O)OC(C)C)[C@H](C)O2.CC(C)OP(=O)(O)O[C@]12CC[C@@H](C(C)C)[C@H]1O[C@@H](C)C2. The van der Waals surface area contributed by atoms with Crippen molar-refractivity contribution >= 4 is 23.5 Å². The molecule has 16 nitrogen and oxygen atoms in total. The van der Waals surface area contributed by atoms with Crippen molar-refractivity contribution in [2.45, 2.75) is 227 Å². The first-order chi connectivity index (χ1) is 27.5. The Morgan fingerprint density at radius 3 is 1.57 bits per heavy atom. The topological polar surface area (TPSA) is 204 Å². The van der Waals surface area contributed by atoms with Crippen LogP contribution < -0.4 is 0 Å². The van der Waals surface area contributed by atoms with Gasteiger partial charge in [0.15, 0.2) is 0 Å². The van der Waals surface area contributed by atoms with Crippen LogP contribution in [-0.2, 0) is 59.8 Å². The van der Waals surface area contributed by atoms with Crippen LogP contribution in [0.2, 0.25) is 0 Å². The van der Waals surface area contributed by atoms with E-state index < -0.39 is 35.2 Å². The highest BCUT2D eigenvalue weighted by Gasteiger charge is 2.64. The van der Waals surface area contributed by atoms with Gasteiger partial charge in [0.05, 0.1) is 54.9 Å². The molecule has 4 heterocycles. The van der Waals surface area contributed by atoms with Crippen LogP contribution in [0.5, 0.6) is 0 Å². The first-order valence-electron chi connectivity index (χ1n) is 22.2. The third-order valence-electron chi connectivity index (χ3n) is 12.1. The maximum absolute atomic E-state index is 12.2. The summed E-state index contributed by atoms with van der Waals surface area (Å²) in [6.07, 6.45) is 3.42. The Morgan fingerprint density at radius 2 is 1.12 bits per heavy atom. The van der Waals surface area contributed by atoms with Gasteiger partial charge >= 0.3 is 23.5 Å². The van der Waals surface area contributed by atoms with Crippen molar-refractivity contribution < 1.29 is 74.5 Å². The number of hydrogen-bond donors (Lipinski definition) is 3. The van der Waals surface area contributed by atoms with Gasteiger partial charge in [-0.25, -0.2) is 13.7 Å². The van der Waals surface area contributed by atoms with Gasteiger partial charge in [-0.1, -0.05) is 41.5 Å². The van der Waals surface area contributed by atoms with Crippen LogP contribution in [0.15, 0.2) is 0 Å². The largest absolute Gasteiger partial charge is 0.473 e. The van der Waals surface area contributed by atoms with E-state index in [4.69, 9.17) is 46.1 Å². The molecular formula is C41H79O16P3. The highest BCUT2D eigenvalue weighted by atomic mass is 31.2. The second-order valence-corrected chi connectivity index (χ2v) is 24.1. The van der Waals surface area contributed by atoms with Gasteiger partial charge in [-0.15, -0.1) is 0 Å². The van der Waals surface area contributed by atoms with Crippen LogP contribution in [-0.4, -0.2) is 99.1 Å². The zero-order valence-electron chi connectivity index (χ0n) is 38.8. The van der Waals surface area contributed by atoms with Crippen LogP contribution >= 0.6 is 23.5 Å². The molecule has 0 aromatic heterocycles. The zero-order valence-corrected chi connectivity index (χ0v) is 41.5. The fraction of sp³-hybridized carbons (Fsp3) is 1.00. The first-order valence-corrected chi connectivity index (χ1v) is 26.7. The lowest BCUT2D eigenvalue weighted by atomic mass is 9.65. The average Bonchev–Trinajstić information content (AvgIpc) is 3.61. The molecule has 0 radical (unpaired) electrons. The van der Waals surface area contributed by atoms with Crippen LogP contribution in [0, 0.1) is 29.6 Å². The third-order valence-corrected chi connectivity index (χ3v) is 15.7. The van der Waals surface area contributed by atoms with Crippen LogP contribution in [0.4, 0.5) is 0 Å². The molecule has 3 N–H and O–H groups in total. The third kappa shape index (κ3) is 13.2. The molecule has 0 amide bonds. The van der Waals surface area contributed by atoms with E-state index in [9.17, 15) is 28.4 Å². The van der Waals surface area contributed by atoms with Crippen molar-refractivity contribution in [1.29, 1.82) is 0 Å². The molecule has 19 heteroatoms. The van der Waals surface area contributed by atoms with Gasteiger partial charge in [-0.2, -0.15) is 0 Å². The van der Waals surface area contributed by atoms with Crippen molar-refractivity contribution in [2.75, 3.05) is 6.61 Å². The van der Waals surface area contributed by atoms with Gasteiger partial charge in [-0.05, 0) is 125 Å². The Kier molecular flexibility index (Phi) is 17.9. The van der Waals surface area contributed by atoms with Gasteiger partial charge in [0, 0.05) is 12.3 Å². The molecule has 15 atom stereocenters. The van der Waals surface area contributed by atoms with Gasteiger partial charge < -0.3 is 33.6 Å². The molecule has 0 aromatic carbocycles. The fourth-order valence-corrected chi connectivity index (χ4v) is 14.0. The van der Waals surface area contributed by atoms with Crippen molar-refractivity contribution in [3.05, 3.63) is 0 Å². The predicted molar refractivity (Wildman–Crippen MR) is 226 cm³/mol. The first kappa shape index (κ1) is 52.8. The molecule has 6 rings (SSSR count). The lowest BCUT2D eigenvalue weighted by Gasteiger charge is -2.46. The van der Waals surface area contributed by atoms with E-state index in [0.29, 0.717) is 36.7 Å². The van der Waals surface area contributed by atoms with E-state index >= 15 is 0 Å². The molecule has 4 saturated heterocycles. The van der Waals surface area contributed by atoms with Crippen molar-refractivity contribution in [2.24, 2.45) is 29.6 Å². The van der Waals surface area contributed by atoms with Crippen molar-refractivity contribution in [3.63, 3.8) is 0 Å². The van der Waals surface area contributed by atoms with Crippen molar-refractivity contribution in [1.82, 2.24) is 0 Å². The van der Waals surface area contributed by atoms with E-state index in [1.54, 1.807) is 41.5 Å². The standard InChI is InChI=1S/2C14H27O5P.C13H25O6P/c1-9(2)12-6-7-14(8-11(5)17-13(12)14)19-20(15,16)18-10(3)4;1-9(2)8-14-7-6-12(14)13(11(5)17-14)19-20(15,16)18-10(3)4;1-8(2)6-13-7-16-12(13)11(10(5)17-13)19-20(14,15)18-9(3)4/h2*9-13H,6-8H2,1-5H3,(H,15,16);8-12H,6-7H2,1-5H3,(H,14,15)/t11-,12-,13+,14-;11-,12+,13?,14+;10-,11?,12+,13-/m000/s1. The maximum atomic E-state index is 12.2. The van der Waals surface area contributed by atoms with Gasteiger partial charge in [0.2, 0.25) is 0 Å². The van der Waals surface area contributed by atoms with Crippen LogP contribution in [0.25, 0.3) is 0 Å². The summed E-state index contributed by atoms with van der Waals surface area (Å²) >= 11 is 0. The highest BCUT2D eigenvalue weighted by Crippen LogP contribution is 2.61. The summed E-state index contributed by atoms with van der Waals surface area (Å²) in [6.45, 7) is 29.4. The van der Waals surface area contributed by atoms with Crippen LogP contribution in [0.1, 0.15) is 149 Å². The highest BCUT2D eigenvalue weighted by molar-refractivity contribution is 7.48. The lowest BCUT2D eigenvalue weighted by molar-refractivity contribution is -0.233. The van der Waals surface area contributed by atoms with E-state index in [0.717, 1.165) is 38.5 Å². The lowest BCUT2D eigenvalue weighted by Crippen LogP contribution is -2.59. The summed E-state index contributed by atoms with van der Waals surface area (Å²) in [6, 6.07) is 0. The summed E-state index contributed by atoms with van der Waals surface area (Å²) in [4.78, 5) is 29.5. The molecule has 5 unspecified atom stereocenters. The van der Waals surface area contributed by atoms with Crippen LogP contribution in [0.3, 0.4) is 0 Å². The molecule has 2 saturated carbocycles. The minimum Gasteiger partial charge on any atom is -0.372 e. The summed E-state index contributed by atoms with van der Waals surface area (Å²) in [7, 11) is -12.1. The van der Waals surface area contributed by atoms with Gasteiger partial charge in [0.25, 0.3) is 0 Å². The Labute approximate surface area is 359 Å². The number of hydrogen-bond acceptors (Lipinski definition) is 13. The number of ether oxygens (including phenoxy) is 4. The Hall–Kier alpha value is 0.170. The Morgan fingerprint density at radius 1 is 0.633 bits per heavy atom. The van der Waals surface area contributed by atoms with Gasteiger partial charge in [0.1, 0.15) is 29.5 Å². The molecule has 6 fully saturated rings. The zero-order chi connectivity index (χ0) is 45.4. The summed E-state index contributed by atoms with van der Waals surface area (Å²) in [5, 5.41) is 0. The van der Waals surface area contributed by atoms with E-state index in [1.165, 1.54) is 0 Å². The van der Waals surface area contributed by atoms with E-state index in [2.05, 4.69) is 41.5 Å². The normalized spacial score (nSPS) is 39.9. The van der Waals surface area contributed by atoms with Gasteiger partial charge in [-0.3, -0.25) is 27.1 Å². The molecular weight excluding hydrogens is 841 g/mol. The summed E-state index contributed by atoms with van der Waals surface area (Å²) < 4.78 is 91.1. The maximum Gasteiger partial charge on any atom is 0.473 e. The molecule has 2 aliphatic carbocycles. The second-order valence-electron chi connectivity index (χ2n) is 20.0. The quantitative estimate of drug-likeness (QED) is 0.116. The number of phosphoric ester groups is 3. The average molecular weight is 921 g/mol. The smallest absolute Gasteiger partial charge is 0.372 e. The fourth-order valence-electron chi connectivity index (χ4n) is 10.3. The molecule has 4 aliphatic heterocycles. The monoisotopic (exact) mass is 920 g/mol. The Balaban J connectivity index is 0.000000198. The second kappa shape index (κ2) is 20.4. The van der Waals surface area contributed by atoms with E-state index in [-0.39, 0.29) is 72.1 Å². The minimum atomic E-state index is -4.09. The molecule has 354 valence electrons. The predicted octanol–water partition coefficient (Wildman–Crippen LogP) is 9.52. The number of fused-ring (bicyclic) bond motifs is 3. The minimum absolute atomic E-state index is 0.0561. The molecule has 0 aromatic rings.